The molecule has 1 aromatic rings. The van der Waals surface area contributed by atoms with E-state index >= 15 is 0 Å². The summed E-state index contributed by atoms with van der Waals surface area (Å²) < 4.78 is 18.1. The normalized spacial score (nSPS) is 12.8. The lowest BCUT2D eigenvalue weighted by molar-refractivity contribution is 0.164. The summed E-state index contributed by atoms with van der Waals surface area (Å²) in [5.41, 5.74) is 0.847. The van der Waals surface area contributed by atoms with E-state index in [1.165, 1.54) is 12.1 Å². The van der Waals surface area contributed by atoms with E-state index in [1.54, 1.807) is 13.2 Å². The highest BCUT2D eigenvalue weighted by Gasteiger charge is 2.05. The zero-order valence-electron chi connectivity index (χ0n) is 9.59. The number of nitrogens with one attached hydrogen (secondary N) is 1. The fourth-order valence-electron chi connectivity index (χ4n) is 1.50. The van der Waals surface area contributed by atoms with Gasteiger partial charge < -0.3 is 10.1 Å². The van der Waals surface area contributed by atoms with E-state index in [0.29, 0.717) is 18.2 Å². The molecule has 0 aliphatic rings. The summed E-state index contributed by atoms with van der Waals surface area (Å²) >= 11 is 5.77. The molecule has 0 spiro atoms. The van der Waals surface area contributed by atoms with Crippen LogP contribution in [-0.2, 0) is 11.3 Å². The van der Waals surface area contributed by atoms with Crippen molar-refractivity contribution < 1.29 is 9.13 Å². The van der Waals surface area contributed by atoms with E-state index in [9.17, 15) is 4.39 Å². The Morgan fingerprint density at radius 2 is 2.19 bits per heavy atom. The van der Waals surface area contributed by atoms with E-state index in [2.05, 4.69) is 12.2 Å². The highest BCUT2D eigenvalue weighted by molar-refractivity contribution is 6.30. The minimum absolute atomic E-state index is 0.284. The lowest BCUT2D eigenvalue weighted by Crippen LogP contribution is -2.32. The smallest absolute Gasteiger partial charge is 0.125 e. The molecule has 4 heteroatoms. The molecule has 1 aromatic carbocycles. The average molecular weight is 246 g/mol. The minimum Gasteiger partial charge on any atom is -0.383 e. The first-order valence-corrected chi connectivity index (χ1v) is 5.70. The number of ether oxygens (including phenoxy) is 1. The Balaban J connectivity index is 2.52. The van der Waals surface area contributed by atoms with Crippen LogP contribution in [0.4, 0.5) is 4.39 Å². The topological polar surface area (TPSA) is 21.3 Å². The number of rotatable bonds is 6. The molecule has 1 atom stereocenters. The molecule has 0 aliphatic carbocycles. The van der Waals surface area contributed by atoms with Crippen molar-refractivity contribution in [3.63, 3.8) is 0 Å². The molecule has 0 amide bonds. The third-order valence-electron chi connectivity index (χ3n) is 2.38. The van der Waals surface area contributed by atoms with Gasteiger partial charge in [0.1, 0.15) is 5.82 Å². The Bertz CT molecular complexity index is 313. The van der Waals surface area contributed by atoms with E-state index in [4.69, 9.17) is 16.3 Å². The monoisotopic (exact) mass is 245 g/mol. The molecule has 16 heavy (non-hydrogen) atoms. The van der Waals surface area contributed by atoms with Gasteiger partial charge in [0.05, 0.1) is 6.61 Å². The predicted molar refractivity (Wildman–Crippen MR) is 64.2 cm³/mol. The van der Waals surface area contributed by atoms with Gasteiger partial charge in [-0.3, -0.25) is 0 Å². The first-order valence-electron chi connectivity index (χ1n) is 5.33. The summed E-state index contributed by atoms with van der Waals surface area (Å²) in [5.74, 6) is -0.302. The third kappa shape index (κ3) is 4.47. The van der Waals surface area contributed by atoms with Crippen LogP contribution < -0.4 is 5.32 Å². The van der Waals surface area contributed by atoms with Gasteiger partial charge in [-0.05, 0) is 30.2 Å². The minimum atomic E-state index is -0.302. The van der Waals surface area contributed by atoms with E-state index in [-0.39, 0.29) is 11.9 Å². The fraction of sp³-hybridized carbons (Fsp3) is 0.500. The van der Waals surface area contributed by atoms with Crippen LogP contribution in [0.25, 0.3) is 0 Å². The zero-order chi connectivity index (χ0) is 12.0. The first-order chi connectivity index (χ1) is 7.65. The largest absolute Gasteiger partial charge is 0.383 e. The Labute approximate surface area is 101 Å². The second-order valence-corrected chi connectivity index (χ2v) is 4.16. The number of halogens is 2. The summed E-state index contributed by atoms with van der Waals surface area (Å²) in [4.78, 5) is 0. The standard InChI is InChI=1S/C12H17ClFNO/c1-3-12(8-16-2)15-7-9-4-10(13)6-11(14)5-9/h4-6,12,15H,3,7-8H2,1-2H3. The van der Waals surface area contributed by atoms with Crippen molar-refractivity contribution >= 4 is 11.6 Å². The molecule has 0 heterocycles. The van der Waals surface area contributed by atoms with Gasteiger partial charge in [-0.15, -0.1) is 0 Å². The van der Waals surface area contributed by atoms with Crippen molar-refractivity contribution in [2.45, 2.75) is 25.9 Å². The molecule has 1 rings (SSSR count). The molecule has 1 unspecified atom stereocenters. The molecular formula is C12H17ClFNO. The molecule has 90 valence electrons. The van der Waals surface area contributed by atoms with Crippen molar-refractivity contribution in [2.75, 3.05) is 13.7 Å². The molecular weight excluding hydrogens is 229 g/mol. The highest BCUT2D eigenvalue weighted by atomic mass is 35.5. The van der Waals surface area contributed by atoms with Crippen molar-refractivity contribution in [1.29, 1.82) is 0 Å². The fourth-order valence-corrected chi connectivity index (χ4v) is 1.74. The molecule has 0 saturated carbocycles. The summed E-state index contributed by atoms with van der Waals surface area (Å²) in [6.45, 7) is 3.33. The van der Waals surface area contributed by atoms with Crippen LogP contribution in [0.5, 0.6) is 0 Å². The van der Waals surface area contributed by atoms with Crippen molar-refractivity contribution in [3.8, 4) is 0 Å². The first kappa shape index (κ1) is 13.4. The lowest BCUT2D eigenvalue weighted by Gasteiger charge is -2.15. The number of hydrogen-bond donors (Lipinski definition) is 1. The van der Waals surface area contributed by atoms with E-state index in [1.807, 2.05) is 0 Å². The van der Waals surface area contributed by atoms with Crippen LogP contribution >= 0.6 is 11.6 Å². The van der Waals surface area contributed by atoms with Crippen LogP contribution in [0.15, 0.2) is 18.2 Å². The molecule has 0 radical (unpaired) electrons. The van der Waals surface area contributed by atoms with Crippen molar-refractivity contribution in [2.24, 2.45) is 0 Å². The van der Waals surface area contributed by atoms with Gasteiger partial charge in [0.25, 0.3) is 0 Å². The van der Waals surface area contributed by atoms with Crippen LogP contribution in [0, 0.1) is 5.82 Å². The molecule has 1 N–H and O–H groups in total. The van der Waals surface area contributed by atoms with Gasteiger partial charge in [0, 0.05) is 24.7 Å². The third-order valence-corrected chi connectivity index (χ3v) is 2.60. The van der Waals surface area contributed by atoms with Crippen LogP contribution in [0.2, 0.25) is 5.02 Å². The summed E-state index contributed by atoms with van der Waals surface area (Å²) in [5, 5.41) is 3.72. The quantitative estimate of drug-likeness (QED) is 0.832. The van der Waals surface area contributed by atoms with Crippen LogP contribution in [-0.4, -0.2) is 19.8 Å². The molecule has 2 nitrogen and oxygen atoms in total. The van der Waals surface area contributed by atoms with Crippen molar-refractivity contribution in [3.05, 3.63) is 34.6 Å². The second-order valence-electron chi connectivity index (χ2n) is 3.72. The Morgan fingerprint density at radius 3 is 2.75 bits per heavy atom. The number of methoxy groups -OCH3 is 1. The van der Waals surface area contributed by atoms with Crippen LogP contribution in [0.3, 0.4) is 0 Å². The van der Waals surface area contributed by atoms with E-state index < -0.39 is 0 Å². The van der Waals surface area contributed by atoms with E-state index in [0.717, 1.165) is 12.0 Å². The molecule has 0 aliphatic heterocycles. The maximum atomic E-state index is 13.0. The molecule has 0 fully saturated rings. The van der Waals surface area contributed by atoms with Crippen LogP contribution in [0.1, 0.15) is 18.9 Å². The molecule has 0 bridgehead atoms. The Kier molecular flexibility index (Phi) is 5.74. The zero-order valence-corrected chi connectivity index (χ0v) is 10.4. The molecule has 0 aromatic heterocycles. The van der Waals surface area contributed by atoms with Gasteiger partial charge in [-0.1, -0.05) is 18.5 Å². The number of hydrogen-bond acceptors (Lipinski definition) is 2. The average Bonchev–Trinajstić information content (AvgIpc) is 2.23. The maximum absolute atomic E-state index is 13.0. The summed E-state index contributed by atoms with van der Waals surface area (Å²) in [6.07, 6.45) is 0.969. The Morgan fingerprint density at radius 1 is 1.44 bits per heavy atom. The van der Waals surface area contributed by atoms with Gasteiger partial charge in [0.2, 0.25) is 0 Å². The highest BCUT2D eigenvalue weighted by Crippen LogP contribution is 2.14. The van der Waals surface area contributed by atoms with Gasteiger partial charge in [-0.25, -0.2) is 4.39 Å². The van der Waals surface area contributed by atoms with Gasteiger partial charge in [0.15, 0.2) is 0 Å². The second kappa shape index (κ2) is 6.84. The van der Waals surface area contributed by atoms with Gasteiger partial charge in [-0.2, -0.15) is 0 Å². The summed E-state index contributed by atoms with van der Waals surface area (Å²) in [6, 6.07) is 4.83. The predicted octanol–water partition coefficient (Wildman–Crippen LogP) is 2.99. The van der Waals surface area contributed by atoms with Crippen molar-refractivity contribution in [1.82, 2.24) is 5.32 Å². The summed E-state index contributed by atoms with van der Waals surface area (Å²) in [7, 11) is 1.67. The lowest BCUT2D eigenvalue weighted by atomic mass is 10.2. The SMILES string of the molecule is CCC(COC)NCc1cc(F)cc(Cl)c1. The maximum Gasteiger partial charge on any atom is 0.125 e. The van der Waals surface area contributed by atoms with Gasteiger partial charge >= 0.3 is 0 Å². The number of benzene rings is 1. The molecule has 0 saturated heterocycles. The Hall–Kier alpha value is -0.640.